The third-order valence-corrected chi connectivity index (χ3v) is 5.54. The Bertz CT molecular complexity index is 617. The summed E-state index contributed by atoms with van der Waals surface area (Å²) in [5, 5.41) is 21.3. The second-order valence-corrected chi connectivity index (χ2v) is 6.96. The van der Waals surface area contributed by atoms with Gasteiger partial charge in [-0.1, -0.05) is 6.58 Å². The van der Waals surface area contributed by atoms with Crippen molar-refractivity contribution >= 4 is 11.9 Å². The summed E-state index contributed by atoms with van der Waals surface area (Å²) in [6.45, 7) is 8.49. The highest BCUT2D eigenvalue weighted by atomic mass is 16.6. The quantitative estimate of drug-likeness (QED) is 0.423. The van der Waals surface area contributed by atoms with Crippen LogP contribution in [0.4, 0.5) is 0 Å². The molecule has 2 fully saturated rings. The van der Waals surface area contributed by atoms with E-state index in [-0.39, 0.29) is 12.3 Å². The zero-order valence-electron chi connectivity index (χ0n) is 13.5. The van der Waals surface area contributed by atoms with E-state index in [4.69, 9.17) is 9.47 Å². The molecule has 0 bridgehead atoms. The summed E-state index contributed by atoms with van der Waals surface area (Å²) in [6, 6.07) is 0. The number of carbonyl (C=O) groups excluding carboxylic acids is 2. The van der Waals surface area contributed by atoms with Gasteiger partial charge in [-0.05, 0) is 37.8 Å². The van der Waals surface area contributed by atoms with E-state index in [0.29, 0.717) is 12.0 Å². The average molecular weight is 322 g/mol. The number of carbonyl (C=O) groups is 2. The molecule has 0 radical (unpaired) electrons. The van der Waals surface area contributed by atoms with Crippen molar-refractivity contribution in [2.75, 3.05) is 0 Å². The highest BCUT2D eigenvalue weighted by Gasteiger charge is 2.58. The van der Waals surface area contributed by atoms with Crippen molar-refractivity contribution in [2.24, 2.45) is 11.8 Å². The Morgan fingerprint density at radius 2 is 2.09 bits per heavy atom. The Kier molecular flexibility index (Phi) is 3.65. The first-order chi connectivity index (χ1) is 10.6. The molecular weight excluding hydrogens is 300 g/mol. The van der Waals surface area contributed by atoms with Crippen LogP contribution in [-0.4, -0.2) is 46.1 Å². The van der Waals surface area contributed by atoms with Crippen molar-refractivity contribution in [3.8, 4) is 0 Å². The molecule has 1 aliphatic heterocycles. The molecule has 23 heavy (non-hydrogen) atoms. The van der Waals surface area contributed by atoms with E-state index < -0.39 is 41.8 Å². The molecule has 0 spiro atoms. The molecule has 0 aromatic rings. The largest absolute Gasteiger partial charge is 0.459 e. The van der Waals surface area contributed by atoms with Crippen LogP contribution in [0.15, 0.2) is 23.3 Å². The lowest BCUT2D eigenvalue weighted by atomic mass is 9.80. The van der Waals surface area contributed by atoms with Crippen LogP contribution >= 0.6 is 0 Å². The fourth-order valence-corrected chi connectivity index (χ4v) is 4.19. The standard InChI is InChI=1S/C17H22O6/c1-7-10-5-13(22-9(3)18)17(4,21)11-6-12(19)8(2)14(11)15(10)23-16(7)20/h10-13,15,19,21H,1,5-6H2,2-4H3. The summed E-state index contributed by atoms with van der Waals surface area (Å²) in [4.78, 5) is 23.4. The molecule has 0 amide bonds. The van der Waals surface area contributed by atoms with Gasteiger partial charge >= 0.3 is 11.9 Å². The molecule has 3 aliphatic rings. The third kappa shape index (κ3) is 2.32. The number of aliphatic hydroxyl groups is 2. The van der Waals surface area contributed by atoms with Crippen LogP contribution in [0.25, 0.3) is 0 Å². The molecule has 1 heterocycles. The van der Waals surface area contributed by atoms with Gasteiger partial charge in [-0.2, -0.15) is 0 Å². The van der Waals surface area contributed by atoms with Crippen LogP contribution in [0.5, 0.6) is 0 Å². The Morgan fingerprint density at radius 3 is 2.70 bits per heavy atom. The Morgan fingerprint density at radius 1 is 1.43 bits per heavy atom. The van der Waals surface area contributed by atoms with Crippen LogP contribution in [0.3, 0.4) is 0 Å². The maximum absolute atomic E-state index is 11.9. The smallest absolute Gasteiger partial charge is 0.334 e. The van der Waals surface area contributed by atoms with E-state index in [9.17, 15) is 19.8 Å². The summed E-state index contributed by atoms with van der Waals surface area (Å²) in [6.07, 6.45) is -1.46. The predicted octanol–water partition coefficient (Wildman–Crippen LogP) is 0.868. The van der Waals surface area contributed by atoms with E-state index >= 15 is 0 Å². The zero-order chi connectivity index (χ0) is 17.1. The highest BCUT2D eigenvalue weighted by Crippen LogP contribution is 2.52. The normalized spacial score (nSPS) is 42.9. The first kappa shape index (κ1) is 16.2. The van der Waals surface area contributed by atoms with Gasteiger partial charge in [-0.25, -0.2) is 4.79 Å². The van der Waals surface area contributed by atoms with Crippen molar-refractivity contribution in [1.29, 1.82) is 0 Å². The van der Waals surface area contributed by atoms with Gasteiger partial charge in [0.1, 0.15) is 17.8 Å². The van der Waals surface area contributed by atoms with Gasteiger partial charge in [0.25, 0.3) is 0 Å². The molecule has 0 aromatic heterocycles. The Labute approximate surface area is 134 Å². The van der Waals surface area contributed by atoms with Gasteiger partial charge in [0.05, 0.1) is 6.10 Å². The molecule has 2 N–H and O–H groups in total. The maximum Gasteiger partial charge on any atom is 0.334 e. The molecule has 1 saturated carbocycles. The van der Waals surface area contributed by atoms with Crippen LogP contribution < -0.4 is 0 Å². The van der Waals surface area contributed by atoms with Gasteiger partial charge in [0.2, 0.25) is 0 Å². The second kappa shape index (κ2) is 5.18. The summed E-state index contributed by atoms with van der Waals surface area (Å²) in [7, 11) is 0. The lowest BCUT2D eigenvalue weighted by Gasteiger charge is -2.36. The minimum Gasteiger partial charge on any atom is -0.459 e. The highest BCUT2D eigenvalue weighted by molar-refractivity contribution is 5.91. The molecule has 2 aliphatic carbocycles. The lowest BCUT2D eigenvalue weighted by molar-refractivity contribution is -0.167. The maximum atomic E-state index is 11.9. The predicted molar refractivity (Wildman–Crippen MR) is 80.1 cm³/mol. The summed E-state index contributed by atoms with van der Waals surface area (Å²) in [5.74, 6) is -1.76. The van der Waals surface area contributed by atoms with Gasteiger partial charge in [0, 0.05) is 24.3 Å². The van der Waals surface area contributed by atoms with E-state index in [0.717, 1.165) is 11.1 Å². The monoisotopic (exact) mass is 322 g/mol. The molecule has 3 rings (SSSR count). The number of rotatable bonds is 1. The topological polar surface area (TPSA) is 93.1 Å². The van der Waals surface area contributed by atoms with Gasteiger partial charge in [0.15, 0.2) is 0 Å². The SMILES string of the molecule is C=C1C(=O)OC2C3=C(C)C(O)CC3C(C)(O)C(OC(C)=O)CC12. The number of esters is 2. The summed E-state index contributed by atoms with van der Waals surface area (Å²) < 4.78 is 10.8. The van der Waals surface area contributed by atoms with Gasteiger partial charge in [-0.15, -0.1) is 0 Å². The Balaban J connectivity index is 2.11. The molecule has 0 aromatic carbocycles. The molecule has 6 unspecified atom stereocenters. The van der Waals surface area contributed by atoms with Crippen LogP contribution in [-0.2, 0) is 19.1 Å². The van der Waals surface area contributed by atoms with Crippen molar-refractivity contribution in [3.63, 3.8) is 0 Å². The van der Waals surface area contributed by atoms with Crippen molar-refractivity contribution in [1.82, 2.24) is 0 Å². The number of ether oxygens (including phenoxy) is 2. The average Bonchev–Trinajstić information content (AvgIpc) is 2.86. The number of hydrogen-bond acceptors (Lipinski definition) is 6. The number of fused-ring (bicyclic) bond motifs is 3. The number of hydrogen-bond donors (Lipinski definition) is 2. The van der Waals surface area contributed by atoms with E-state index in [1.165, 1.54) is 6.92 Å². The zero-order valence-corrected chi connectivity index (χ0v) is 13.5. The first-order valence-electron chi connectivity index (χ1n) is 7.82. The van der Waals surface area contributed by atoms with Gasteiger partial charge < -0.3 is 19.7 Å². The van der Waals surface area contributed by atoms with Crippen molar-refractivity contribution in [2.45, 2.75) is 57.5 Å². The van der Waals surface area contributed by atoms with E-state index in [2.05, 4.69) is 6.58 Å². The van der Waals surface area contributed by atoms with Crippen molar-refractivity contribution < 1.29 is 29.3 Å². The lowest BCUT2D eigenvalue weighted by Crippen LogP contribution is -2.48. The van der Waals surface area contributed by atoms with E-state index in [1.54, 1.807) is 13.8 Å². The minimum atomic E-state index is -1.35. The van der Waals surface area contributed by atoms with Crippen molar-refractivity contribution in [3.05, 3.63) is 23.3 Å². The fraction of sp³-hybridized carbons (Fsp3) is 0.647. The van der Waals surface area contributed by atoms with Crippen LogP contribution in [0.2, 0.25) is 0 Å². The molecule has 6 nitrogen and oxygen atoms in total. The van der Waals surface area contributed by atoms with E-state index in [1.807, 2.05) is 0 Å². The molecule has 6 heteroatoms. The van der Waals surface area contributed by atoms with Crippen LogP contribution in [0.1, 0.15) is 33.6 Å². The molecular formula is C17H22O6. The number of aliphatic hydroxyl groups excluding tert-OH is 1. The third-order valence-electron chi connectivity index (χ3n) is 5.54. The second-order valence-electron chi connectivity index (χ2n) is 6.96. The first-order valence-corrected chi connectivity index (χ1v) is 7.82. The molecule has 126 valence electrons. The van der Waals surface area contributed by atoms with Crippen LogP contribution in [0, 0.1) is 11.8 Å². The summed E-state index contributed by atoms with van der Waals surface area (Å²) in [5.41, 5.74) is 0.437. The molecule has 1 saturated heterocycles. The minimum absolute atomic E-state index is 0.269. The summed E-state index contributed by atoms with van der Waals surface area (Å²) >= 11 is 0. The molecule has 6 atom stereocenters. The Hall–Kier alpha value is -1.66. The van der Waals surface area contributed by atoms with Gasteiger partial charge in [-0.3, -0.25) is 4.79 Å². The fourth-order valence-electron chi connectivity index (χ4n) is 4.19.